The number of amides is 4. The van der Waals surface area contributed by atoms with Crippen molar-refractivity contribution >= 4 is 70.9 Å². The number of carboxylic acids is 2. The lowest BCUT2D eigenvalue weighted by Gasteiger charge is -2.24. The molecule has 4 rings (SSSR count). The van der Waals surface area contributed by atoms with E-state index in [9.17, 15) is 28.8 Å². The fraction of sp³-hybridized carbons (Fsp3) is 0.733. The Labute approximate surface area is 303 Å². The molecular weight excluding hydrogens is 711 g/mol. The van der Waals surface area contributed by atoms with Crippen LogP contribution in [0.25, 0.3) is 16.0 Å². The van der Waals surface area contributed by atoms with E-state index in [0.717, 1.165) is 11.5 Å². The number of fused-ring (bicyclic) bond motifs is 2. The molecule has 0 radical (unpaired) electrons. The second-order valence-electron chi connectivity index (χ2n) is 14.1. The zero-order valence-electron chi connectivity index (χ0n) is 29.2. The third-order valence-corrected chi connectivity index (χ3v) is 10.9. The van der Waals surface area contributed by atoms with Gasteiger partial charge >= 0.3 is 35.9 Å². The number of urea groups is 2. The van der Waals surface area contributed by atoms with Crippen LogP contribution in [0.1, 0.15) is 67.2 Å². The molecule has 19 nitrogen and oxygen atoms in total. The number of thioether (sulfide) groups is 2. The highest BCUT2D eigenvalue weighted by Gasteiger charge is 2.45. The molecule has 4 fully saturated rings. The van der Waals surface area contributed by atoms with Crippen molar-refractivity contribution in [3.05, 3.63) is 16.0 Å². The second-order valence-corrected chi connectivity index (χ2v) is 16.6. The van der Waals surface area contributed by atoms with Gasteiger partial charge in [-0.1, -0.05) is 0 Å². The average Bonchev–Trinajstić information content (AvgIpc) is 3.74. The Morgan fingerprint density at radius 1 is 0.745 bits per heavy atom. The van der Waals surface area contributed by atoms with Gasteiger partial charge in [0, 0.05) is 22.0 Å². The standard InChI is InChI=1S/2C15H23N3O5S.N3/c2*1-15(2,3)23-13(21)7(10(16)12(19)20)4-5-9-11-8(6-24-9)17-14(22)18-11;1-3-2/h2*7-9,11,16H,4-6H2,1-3H3,(H,19,20)(H2,17,18,22);/q;;-1/t2*7?,8-,9-,11-;/m00./s1. The molecule has 4 aliphatic rings. The predicted molar refractivity (Wildman–Crippen MR) is 189 cm³/mol. The molecular formula is C30H46N9O10S2-. The summed E-state index contributed by atoms with van der Waals surface area (Å²) < 4.78 is 10.5. The van der Waals surface area contributed by atoms with Crippen molar-refractivity contribution in [2.45, 2.75) is 113 Å². The molecule has 4 amide bonds. The Morgan fingerprint density at radius 2 is 1.06 bits per heavy atom. The number of hydrogen-bond acceptors (Lipinski definition) is 12. The van der Waals surface area contributed by atoms with Gasteiger partial charge in [0.15, 0.2) is 0 Å². The van der Waals surface area contributed by atoms with Gasteiger partial charge in [0.2, 0.25) is 0 Å². The Morgan fingerprint density at radius 3 is 1.33 bits per heavy atom. The minimum Gasteiger partial charge on any atom is -0.477 e. The van der Waals surface area contributed by atoms with E-state index < -0.39 is 58.3 Å². The minimum absolute atomic E-state index is 0.0270. The summed E-state index contributed by atoms with van der Waals surface area (Å²) in [6, 6.07) is -0.325. The van der Waals surface area contributed by atoms with E-state index in [-0.39, 0.29) is 59.6 Å². The van der Waals surface area contributed by atoms with Gasteiger partial charge in [-0.05, 0) is 67.2 Å². The number of nitrogens with zero attached hydrogens (tertiary/aromatic N) is 3. The molecule has 4 heterocycles. The summed E-state index contributed by atoms with van der Waals surface area (Å²) in [5, 5.41) is 45.1. The quantitative estimate of drug-likeness (QED) is 0.0356. The predicted octanol–water partition coefficient (Wildman–Crippen LogP) is 2.85. The summed E-state index contributed by atoms with van der Waals surface area (Å²) in [6.07, 6.45) is 1.45. The number of carboxylic acid groups (broad SMARTS) is 2. The number of ether oxygens (including phenoxy) is 2. The van der Waals surface area contributed by atoms with E-state index in [1.54, 1.807) is 65.1 Å². The number of carbonyl (C=O) groups is 6. The van der Waals surface area contributed by atoms with Crippen LogP contribution in [0.5, 0.6) is 0 Å². The topological polar surface area (TPSA) is 316 Å². The molecule has 0 spiro atoms. The highest BCUT2D eigenvalue weighted by molar-refractivity contribution is 8.00. The summed E-state index contributed by atoms with van der Waals surface area (Å²) in [6.45, 7) is 10.2. The van der Waals surface area contributed by atoms with Crippen LogP contribution in [0, 0.1) is 22.7 Å². The third-order valence-electron chi connectivity index (χ3n) is 7.90. The van der Waals surface area contributed by atoms with Gasteiger partial charge in [0.25, 0.3) is 0 Å². The largest absolute Gasteiger partial charge is 0.477 e. The maximum atomic E-state index is 12.3. The van der Waals surface area contributed by atoms with E-state index in [1.165, 1.54) is 4.91 Å². The number of aliphatic carboxylic acids is 2. The Hall–Kier alpha value is -4.23. The van der Waals surface area contributed by atoms with Crippen LogP contribution in [-0.4, -0.2) is 115 Å². The number of rotatable bonds is 12. The molecule has 8 N–H and O–H groups in total. The summed E-state index contributed by atoms with van der Waals surface area (Å²) >= 11 is 3.35. The lowest BCUT2D eigenvalue weighted by atomic mass is 9.93. The fourth-order valence-corrected chi connectivity index (χ4v) is 8.78. The van der Waals surface area contributed by atoms with Crippen molar-refractivity contribution in [2.75, 3.05) is 11.5 Å². The normalized spacial score (nSPS) is 25.5. The molecule has 0 aliphatic carbocycles. The number of carbonyl (C=O) groups excluding carboxylic acids is 4. The van der Waals surface area contributed by atoms with Crippen LogP contribution >= 0.6 is 23.5 Å². The van der Waals surface area contributed by atoms with Crippen LogP contribution in [-0.2, 0) is 28.7 Å². The highest BCUT2D eigenvalue weighted by atomic mass is 32.2. The van der Waals surface area contributed by atoms with Gasteiger partial charge in [0.1, 0.15) is 34.5 Å². The van der Waals surface area contributed by atoms with Crippen molar-refractivity contribution in [2.24, 2.45) is 11.8 Å². The molecule has 284 valence electrons. The first-order chi connectivity index (χ1) is 23.6. The zero-order valence-corrected chi connectivity index (χ0v) is 30.8. The molecule has 0 bridgehead atoms. The van der Waals surface area contributed by atoms with Crippen LogP contribution < -0.4 is 21.3 Å². The molecule has 8 atom stereocenters. The van der Waals surface area contributed by atoms with Gasteiger partial charge in [0.05, 0.1) is 24.2 Å². The smallest absolute Gasteiger partial charge is 0.350 e. The summed E-state index contributed by atoms with van der Waals surface area (Å²) in [5.41, 5.74) is 10.7. The zero-order chi connectivity index (χ0) is 38.8. The van der Waals surface area contributed by atoms with Crippen LogP contribution in [0.2, 0.25) is 0 Å². The maximum Gasteiger partial charge on any atom is 0.350 e. The maximum absolute atomic E-state index is 12.3. The van der Waals surface area contributed by atoms with E-state index in [2.05, 4.69) is 21.3 Å². The van der Waals surface area contributed by atoms with Gasteiger partial charge in [-0.2, -0.15) is 23.5 Å². The van der Waals surface area contributed by atoms with Gasteiger partial charge in [-0.15, -0.1) is 0 Å². The first-order valence-electron chi connectivity index (χ1n) is 16.0. The SMILES string of the molecule is CC(C)(C)OC(=O)C(CC[C@@H]1SC[C@@H]2NC(=O)N[C@@H]21)C(=N)C(=O)O.CC(C)(C)OC(=O)C(CC[C@@H]1SC[C@@H]2NC(=O)N[C@@H]21)C(=N)C(=O)O.[N-]=[N+]=[N-]. The molecule has 0 aromatic carbocycles. The minimum atomic E-state index is -1.42. The molecule has 0 saturated carbocycles. The van der Waals surface area contributed by atoms with Crippen molar-refractivity contribution in [3.8, 4) is 0 Å². The Kier molecular flexibility index (Phi) is 15.4. The fourth-order valence-electron chi connectivity index (χ4n) is 5.75. The van der Waals surface area contributed by atoms with Crippen molar-refractivity contribution in [1.29, 1.82) is 10.8 Å². The van der Waals surface area contributed by atoms with E-state index >= 15 is 0 Å². The first kappa shape index (κ1) is 42.9. The Balaban J connectivity index is 0.000000328. The highest BCUT2D eigenvalue weighted by Crippen LogP contribution is 2.35. The van der Waals surface area contributed by atoms with E-state index in [1.807, 2.05) is 0 Å². The Bertz CT molecular complexity index is 1310. The summed E-state index contributed by atoms with van der Waals surface area (Å²) in [4.78, 5) is 71.1. The molecule has 4 aliphatic heterocycles. The van der Waals surface area contributed by atoms with Crippen molar-refractivity contribution in [1.82, 2.24) is 21.3 Å². The number of hydrogen-bond donors (Lipinski definition) is 8. The summed E-state index contributed by atoms with van der Waals surface area (Å²) in [5.74, 6) is -4.87. The summed E-state index contributed by atoms with van der Waals surface area (Å²) in [7, 11) is 0. The lowest BCUT2D eigenvalue weighted by molar-refractivity contribution is -0.159. The first-order valence-corrected chi connectivity index (χ1v) is 18.1. The average molecular weight is 757 g/mol. The van der Waals surface area contributed by atoms with Crippen LogP contribution in [0.3, 0.4) is 0 Å². The van der Waals surface area contributed by atoms with E-state index in [4.69, 9.17) is 41.6 Å². The molecule has 0 aromatic rings. The van der Waals surface area contributed by atoms with Gasteiger partial charge in [-0.25, -0.2) is 19.2 Å². The molecule has 51 heavy (non-hydrogen) atoms. The molecule has 4 saturated heterocycles. The molecule has 2 unspecified atom stereocenters. The third kappa shape index (κ3) is 13.1. The van der Waals surface area contributed by atoms with Crippen LogP contribution in [0.15, 0.2) is 0 Å². The second kappa shape index (κ2) is 18.3. The van der Waals surface area contributed by atoms with Crippen molar-refractivity contribution in [3.63, 3.8) is 0 Å². The lowest BCUT2D eigenvalue weighted by Crippen LogP contribution is -2.39. The molecule has 21 heteroatoms. The number of esters is 2. The van der Waals surface area contributed by atoms with Gasteiger partial charge in [-0.3, -0.25) is 25.3 Å². The van der Waals surface area contributed by atoms with Crippen LogP contribution in [0.4, 0.5) is 9.59 Å². The van der Waals surface area contributed by atoms with E-state index in [0.29, 0.717) is 12.8 Å². The van der Waals surface area contributed by atoms with Gasteiger partial charge < -0.3 is 52.0 Å². The molecule has 0 aromatic heterocycles. The monoisotopic (exact) mass is 756 g/mol. The van der Waals surface area contributed by atoms with Crippen molar-refractivity contribution < 1.29 is 48.5 Å². The number of nitrogens with one attached hydrogen (secondary N) is 6.